The van der Waals surface area contributed by atoms with Crippen molar-refractivity contribution in [3.05, 3.63) is 29.8 Å². The number of ether oxygens (including phenoxy) is 1. The van der Waals surface area contributed by atoms with Crippen molar-refractivity contribution in [1.82, 2.24) is 5.32 Å². The zero-order valence-electron chi connectivity index (χ0n) is 11.6. The molecule has 19 heavy (non-hydrogen) atoms. The Balaban J connectivity index is 3.05. The molecule has 1 N–H and O–H groups in total. The predicted molar refractivity (Wildman–Crippen MR) is 69.3 cm³/mol. The Morgan fingerprint density at radius 2 is 1.68 bits per heavy atom. The van der Waals surface area contributed by atoms with Gasteiger partial charge in [0.2, 0.25) is 0 Å². The van der Waals surface area contributed by atoms with Crippen LogP contribution in [0, 0.1) is 0 Å². The van der Waals surface area contributed by atoms with Crippen LogP contribution < -0.4 is 10.1 Å². The fraction of sp³-hybridized carbons (Fsp3) is 0.571. The number of halogens is 3. The number of rotatable bonds is 5. The molecule has 0 radical (unpaired) electrons. The molecule has 0 fully saturated rings. The van der Waals surface area contributed by atoms with Crippen LogP contribution in [0.4, 0.5) is 13.2 Å². The van der Waals surface area contributed by atoms with Crippen LogP contribution >= 0.6 is 0 Å². The molecule has 0 aliphatic carbocycles. The lowest BCUT2D eigenvalue weighted by atomic mass is 9.91. The third-order valence-electron chi connectivity index (χ3n) is 2.90. The van der Waals surface area contributed by atoms with Crippen molar-refractivity contribution < 1.29 is 17.9 Å². The van der Waals surface area contributed by atoms with Crippen molar-refractivity contribution in [3.63, 3.8) is 0 Å². The summed E-state index contributed by atoms with van der Waals surface area (Å²) < 4.78 is 45.0. The lowest BCUT2D eigenvalue weighted by molar-refractivity contribution is -0.195. The van der Waals surface area contributed by atoms with E-state index in [9.17, 15) is 13.2 Å². The van der Waals surface area contributed by atoms with Gasteiger partial charge in [0.1, 0.15) is 11.3 Å². The molecule has 0 bridgehead atoms. The summed E-state index contributed by atoms with van der Waals surface area (Å²) in [4.78, 5) is 0. The Bertz CT molecular complexity index is 400. The van der Waals surface area contributed by atoms with Gasteiger partial charge in [-0.2, -0.15) is 13.2 Å². The summed E-state index contributed by atoms with van der Waals surface area (Å²) in [5, 5.41) is 2.51. The van der Waals surface area contributed by atoms with E-state index in [0.717, 1.165) is 6.92 Å². The molecule has 0 aromatic heterocycles. The van der Waals surface area contributed by atoms with Gasteiger partial charge < -0.3 is 10.1 Å². The highest BCUT2D eigenvalue weighted by Crippen LogP contribution is 2.39. The van der Waals surface area contributed by atoms with E-state index < -0.39 is 11.7 Å². The molecule has 0 spiro atoms. The van der Waals surface area contributed by atoms with Gasteiger partial charge in [0.25, 0.3) is 0 Å². The molecule has 0 saturated heterocycles. The van der Waals surface area contributed by atoms with E-state index in [1.807, 2.05) is 13.8 Å². The minimum atomic E-state index is -4.36. The van der Waals surface area contributed by atoms with E-state index in [-0.39, 0.29) is 18.2 Å². The summed E-state index contributed by atoms with van der Waals surface area (Å²) in [6, 6.07) is 6.04. The fourth-order valence-corrected chi connectivity index (χ4v) is 1.86. The van der Waals surface area contributed by atoms with Crippen LogP contribution in [-0.4, -0.2) is 18.8 Å². The van der Waals surface area contributed by atoms with Crippen LogP contribution in [0.5, 0.6) is 5.75 Å². The molecule has 0 amide bonds. The molecule has 1 atom stereocenters. The summed E-state index contributed by atoms with van der Waals surface area (Å²) in [7, 11) is 0. The van der Waals surface area contributed by atoms with Crippen LogP contribution in [0.1, 0.15) is 33.3 Å². The molecule has 2 nitrogen and oxygen atoms in total. The van der Waals surface area contributed by atoms with Gasteiger partial charge in [-0.1, -0.05) is 19.1 Å². The summed E-state index contributed by atoms with van der Waals surface area (Å²) in [5.41, 5.74) is -1.86. The Hall–Kier alpha value is -1.23. The topological polar surface area (TPSA) is 21.3 Å². The minimum Gasteiger partial charge on any atom is -0.491 e. The zero-order chi connectivity index (χ0) is 14.7. The average molecular weight is 275 g/mol. The summed E-state index contributed by atoms with van der Waals surface area (Å²) >= 11 is 0. The van der Waals surface area contributed by atoms with Gasteiger partial charge in [0.05, 0.1) is 6.10 Å². The lowest BCUT2D eigenvalue weighted by Crippen LogP contribution is -2.51. The number of nitrogens with one attached hydrogen (secondary N) is 1. The first-order valence-electron chi connectivity index (χ1n) is 6.29. The second-order valence-electron chi connectivity index (χ2n) is 4.84. The monoisotopic (exact) mass is 275 g/mol. The maximum absolute atomic E-state index is 13.2. The molecular weight excluding hydrogens is 255 g/mol. The van der Waals surface area contributed by atoms with E-state index in [2.05, 4.69) is 5.32 Å². The molecule has 1 unspecified atom stereocenters. The summed E-state index contributed by atoms with van der Waals surface area (Å²) in [6.45, 7) is 6.77. The van der Waals surface area contributed by atoms with Crippen molar-refractivity contribution in [2.45, 2.75) is 45.5 Å². The maximum Gasteiger partial charge on any atom is 0.410 e. The Morgan fingerprint density at radius 3 is 2.05 bits per heavy atom. The maximum atomic E-state index is 13.2. The molecule has 1 aromatic carbocycles. The van der Waals surface area contributed by atoms with E-state index in [4.69, 9.17) is 4.74 Å². The van der Waals surface area contributed by atoms with Gasteiger partial charge in [0, 0.05) is 0 Å². The van der Waals surface area contributed by atoms with Crippen molar-refractivity contribution in [1.29, 1.82) is 0 Å². The third-order valence-corrected chi connectivity index (χ3v) is 2.90. The van der Waals surface area contributed by atoms with Crippen LogP contribution in [0.2, 0.25) is 0 Å². The molecule has 0 aliphatic heterocycles. The molecule has 0 saturated carbocycles. The van der Waals surface area contributed by atoms with Gasteiger partial charge in [-0.25, -0.2) is 0 Å². The lowest BCUT2D eigenvalue weighted by Gasteiger charge is -2.33. The molecular formula is C14H20F3NO. The van der Waals surface area contributed by atoms with E-state index in [1.54, 1.807) is 19.1 Å². The smallest absolute Gasteiger partial charge is 0.410 e. The largest absolute Gasteiger partial charge is 0.491 e. The van der Waals surface area contributed by atoms with Gasteiger partial charge in [-0.3, -0.25) is 0 Å². The van der Waals surface area contributed by atoms with Crippen LogP contribution in [-0.2, 0) is 5.54 Å². The van der Waals surface area contributed by atoms with Gasteiger partial charge >= 0.3 is 6.18 Å². The van der Waals surface area contributed by atoms with Crippen molar-refractivity contribution in [2.75, 3.05) is 6.54 Å². The van der Waals surface area contributed by atoms with Gasteiger partial charge in [-0.05, 0) is 45.0 Å². The number of benzene rings is 1. The Morgan fingerprint density at radius 1 is 1.16 bits per heavy atom. The summed E-state index contributed by atoms with van der Waals surface area (Å²) in [6.07, 6.45) is -4.36. The highest BCUT2D eigenvalue weighted by atomic mass is 19.4. The SMILES string of the molecule is CCNC(C)(c1ccc(OC(C)C)cc1)C(F)(F)F. The van der Waals surface area contributed by atoms with Crippen LogP contribution in [0.25, 0.3) is 0 Å². The molecule has 5 heteroatoms. The zero-order valence-corrected chi connectivity index (χ0v) is 11.6. The normalized spacial score (nSPS) is 15.4. The first kappa shape index (κ1) is 15.8. The van der Waals surface area contributed by atoms with E-state index >= 15 is 0 Å². The molecule has 0 aliphatic rings. The summed E-state index contributed by atoms with van der Waals surface area (Å²) in [5.74, 6) is 0.569. The molecule has 108 valence electrons. The minimum absolute atomic E-state index is 0.00591. The van der Waals surface area contributed by atoms with Crippen molar-refractivity contribution in [2.24, 2.45) is 0 Å². The second-order valence-corrected chi connectivity index (χ2v) is 4.84. The van der Waals surface area contributed by atoms with Crippen LogP contribution in [0.3, 0.4) is 0 Å². The van der Waals surface area contributed by atoms with Crippen molar-refractivity contribution >= 4 is 0 Å². The Kier molecular flexibility index (Phi) is 4.85. The Labute approximate surface area is 112 Å². The predicted octanol–water partition coefficient (Wildman–Crippen LogP) is 3.86. The number of hydrogen-bond acceptors (Lipinski definition) is 2. The van der Waals surface area contributed by atoms with E-state index in [1.165, 1.54) is 12.1 Å². The highest BCUT2D eigenvalue weighted by molar-refractivity contribution is 5.33. The number of alkyl halides is 3. The second kappa shape index (κ2) is 5.82. The standard InChI is InChI=1S/C14H20F3NO/c1-5-18-13(4,14(15,16)17)11-6-8-12(9-7-11)19-10(2)3/h6-10,18H,5H2,1-4H3. The molecule has 0 heterocycles. The van der Waals surface area contributed by atoms with Gasteiger partial charge in [0.15, 0.2) is 0 Å². The third kappa shape index (κ3) is 3.62. The first-order chi connectivity index (χ1) is 8.70. The van der Waals surface area contributed by atoms with Gasteiger partial charge in [-0.15, -0.1) is 0 Å². The molecule has 1 rings (SSSR count). The number of hydrogen-bond donors (Lipinski definition) is 1. The fourth-order valence-electron chi connectivity index (χ4n) is 1.86. The van der Waals surface area contributed by atoms with Crippen LogP contribution in [0.15, 0.2) is 24.3 Å². The first-order valence-corrected chi connectivity index (χ1v) is 6.29. The quantitative estimate of drug-likeness (QED) is 0.881. The molecule has 1 aromatic rings. The average Bonchev–Trinajstić information content (AvgIpc) is 2.27. The van der Waals surface area contributed by atoms with E-state index in [0.29, 0.717) is 5.75 Å². The highest BCUT2D eigenvalue weighted by Gasteiger charge is 2.51. The van der Waals surface area contributed by atoms with Crippen molar-refractivity contribution in [3.8, 4) is 5.75 Å².